The normalized spacial score (nSPS) is 9.75. The van der Waals surface area contributed by atoms with Crippen molar-refractivity contribution in [2.24, 2.45) is 0 Å². The highest BCUT2D eigenvalue weighted by atomic mass is 14.0. The predicted molar refractivity (Wildman–Crippen MR) is 72.1 cm³/mol. The minimum atomic E-state index is 1.12. The zero-order chi connectivity index (χ0) is 11.4. The van der Waals surface area contributed by atoms with Gasteiger partial charge in [0, 0.05) is 0 Å². The van der Waals surface area contributed by atoms with Crippen molar-refractivity contribution in [1.29, 1.82) is 0 Å². The third-order valence-electron chi connectivity index (χ3n) is 2.56. The van der Waals surface area contributed by atoms with Crippen LogP contribution >= 0.6 is 0 Å². The van der Waals surface area contributed by atoms with Crippen LogP contribution in [-0.4, -0.2) is 0 Å². The highest BCUT2D eigenvalue weighted by Gasteiger charge is 1.99. The Balaban J connectivity index is 2.56. The molecular formula is C16H14. The van der Waals surface area contributed by atoms with Crippen LogP contribution in [-0.2, 0) is 0 Å². The maximum Gasteiger partial charge on any atom is -0.0172 e. The van der Waals surface area contributed by atoms with Crippen molar-refractivity contribution >= 4 is 12.2 Å². The van der Waals surface area contributed by atoms with Gasteiger partial charge >= 0.3 is 0 Å². The molecule has 0 N–H and O–H groups in total. The van der Waals surface area contributed by atoms with Gasteiger partial charge in [0.15, 0.2) is 0 Å². The van der Waals surface area contributed by atoms with Crippen LogP contribution in [0.4, 0.5) is 0 Å². The lowest BCUT2D eigenvalue weighted by atomic mass is 10.00. The molecule has 0 aliphatic heterocycles. The fraction of sp³-hybridized carbons (Fsp3) is 0. The van der Waals surface area contributed by atoms with E-state index in [1.165, 1.54) is 11.1 Å². The summed E-state index contributed by atoms with van der Waals surface area (Å²) in [7, 11) is 0. The second-order valence-corrected chi connectivity index (χ2v) is 3.66. The van der Waals surface area contributed by atoms with E-state index in [0.29, 0.717) is 0 Å². The minimum absolute atomic E-state index is 1.12. The van der Waals surface area contributed by atoms with E-state index in [0.717, 1.165) is 11.1 Å². The summed E-state index contributed by atoms with van der Waals surface area (Å²) in [5, 5.41) is 0. The van der Waals surface area contributed by atoms with Gasteiger partial charge in [-0.2, -0.15) is 0 Å². The van der Waals surface area contributed by atoms with Gasteiger partial charge < -0.3 is 0 Å². The average molecular weight is 206 g/mol. The van der Waals surface area contributed by atoms with Gasteiger partial charge in [0.25, 0.3) is 0 Å². The Morgan fingerprint density at radius 2 is 1.25 bits per heavy atom. The van der Waals surface area contributed by atoms with E-state index >= 15 is 0 Å². The molecule has 0 heteroatoms. The molecule has 0 unspecified atom stereocenters. The molecule has 78 valence electrons. The van der Waals surface area contributed by atoms with Crippen LogP contribution in [0.2, 0.25) is 0 Å². The van der Waals surface area contributed by atoms with E-state index in [9.17, 15) is 0 Å². The van der Waals surface area contributed by atoms with Crippen LogP contribution in [0.25, 0.3) is 23.3 Å². The summed E-state index contributed by atoms with van der Waals surface area (Å²) >= 11 is 0. The summed E-state index contributed by atoms with van der Waals surface area (Å²) in [6.07, 6.45) is 3.72. The number of benzene rings is 2. The summed E-state index contributed by atoms with van der Waals surface area (Å²) in [4.78, 5) is 0. The fourth-order valence-corrected chi connectivity index (χ4v) is 1.71. The lowest BCUT2D eigenvalue weighted by molar-refractivity contribution is 1.58. The van der Waals surface area contributed by atoms with Gasteiger partial charge in [-0.15, -0.1) is 0 Å². The summed E-state index contributed by atoms with van der Waals surface area (Å²) in [6.45, 7) is 7.61. The van der Waals surface area contributed by atoms with Crippen molar-refractivity contribution in [3.8, 4) is 11.1 Å². The van der Waals surface area contributed by atoms with Crippen LogP contribution in [0.15, 0.2) is 61.7 Å². The van der Waals surface area contributed by atoms with Crippen molar-refractivity contribution in [2.45, 2.75) is 0 Å². The first-order valence-corrected chi connectivity index (χ1v) is 5.29. The van der Waals surface area contributed by atoms with Crippen molar-refractivity contribution in [3.05, 3.63) is 72.8 Å². The molecule has 0 radical (unpaired) electrons. The lowest BCUT2D eigenvalue weighted by Gasteiger charge is -2.05. The molecule has 0 aromatic heterocycles. The maximum atomic E-state index is 3.81. The van der Waals surface area contributed by atoms with Gasteiger partial charge in [0.2, 0.25) is 0 Å². The zero-order valence-corrected chi connectivity index (χ0v) is 9.19. The molecule has 0 atom stereocenters. The van der Waals surface area contributed by atoms with Crippen LogP contribution in [0.1, 0.15) is 11.1 Å². The number of hydrogen-bond donors (Lipinski definition) is 0. The lowest BCUT2D eigenvalue weighted by Crippen LogP contribution is -1.82. The number of hydrogen-bond acceptors (Lipinski definition) is 0. The summed E-state index contributed by atoms with van der Waals surface area (Å²) in [5.74, 6) is 0. The van der Waals surface area contributed by atoms with Crippen LogP contribution < -0.4 is 0 Å². The summed E-state index contributed by atoms with van der Waals surface area (Å²) in [5.41, 5.74) is 4.66. The van der Waals surface area contributed by atoms with Gasteiger partial charge in [-0.1, -0.05) is 55.6 Å². The second-order valence-electron chi connectivity index (χ2n) is 3.66. The molecule has 0 fully saturated rings. The monoisotopic (exact) mass is 206 g/mol. The van der Waals surface area contributed by atoms with Crippen LogP contribution in [0, 0.1) is 0 Å². The molecule has 0 saturated heterocycles. The van der Waals surface area contributed by atoms with Crippen molar-refractivity contribution in [2.75, 3.05) is 0 Å². The molecule has 0 saturated carbocycles. The zero-order valence-electron chi connectivity index (χ0n) is 9.19. The van der Waals surface area contributed by atoms with Gasteiger partial charge in [-0.05, 0) is 40.5 Å². The molecular weight excluding hydrogens is 192 g/mol. The van der Waals surface area contributed by atoms with Gasteiger partial charge in [0.1, 0.15) is 0 Å². The largest absolute Gasteiger partial charge is 0.0985 e. The van der Waals surface area contributed by atoms with E-state index in [1.807, 2.05) is 30.4 Å². The topological polar surface area (TPSA) is 0 Å². The molecule has 0 amide bonds. The highest BCUT2D eigenvalue weighted by molar-refractivity contribution is 5.71. The molecule has 2 aromatic carbocycles. The molecule has 16 heavy (non-hydrogen) atoms. The predicted octanol–water partition coefficient (Wildman–Crippen LogP) is 4.64. The van der Waals surface area contributed by atoms with Crippen molar-refractivity contribution < 1.29 is 0 Å². The average Bonchev–Trinajstić information content (AvgIpc) is 2.39. The molecule has 2 rings (SSSR count). The van der Waals surface area contributed by atoms with E-state index in [2.05, 4.69) is 43.5 Å². The van der Waals surface area contributed by atoms with Crippen molar-refractivity contribution in [1.82, 2.24) is 0 Å². The molecule has 0 spiro atoms. The Kier molecular flexibility index (Phi) is 3.02. The Morgan fingerprint density at radius 3 is 1.75 bits per heavy atom. The molecule has 0 bridgehead atoms. The first-order chi connectivity index (χ1) is 7.83. The first kappa shape index (κ1) is 10.4. The third kappa shape index (κ3) is 2.12. The van der Waals surface area contributed by atoms with Gasteiger partial charge in [-0.3, -0.25) is 0 Å². The Bertz CT molecular complexity index is 481. The minimum Gasteiger partial charge on any atom is -0.0985 e. The van der Waals surface area contributed by atoms with Gasteiger partial charge in [0.05, 0.1) is 0 Å². The number of rotatable bonds is 3. The molecule has 0 nitrogen and oxygen atoms in total. The first-order valence-electron chi connectivity index (χ1n) is 5.29. The Hall–Kier alpha value is -2.08. The van der Waals surface area contributed by atoms with E-state index in [1.54, 1.807) is 0 Å². The van der Waals surface area contributed by atoms with E-state index in [-0.39, 0.29) is 0 Å². The Morgan fingerprint density at radius 1 is 0.688 bits per heavy atom. The summed E-state index contributed by atoms with van der Waals surface area (Å²) < 4.78 is 0. The molecule has 0 aliphatic carbocycles. The Labute approximate surface area is 96.6 Å². The quantitative estimate of drug-likeness (QED) is 0.686. The summed E-state index contributed by atoms with van der Waals surface area (Å²) in [6, 6.07) is 16.7. The van der Waals surface area contributed by atoms with Crippen molar-refractivity contribution in [3.63, 3.8) is 0 Å². The highest BCUT2D eigenvalue weighted by Crippen LogP contribution is 2.23. The maximum absolute atomic E-state index is 3.81. The standard InChI is InChI=1S/C16H14/c1-3-13-10-14(4-2)12-16(11-13)15-8-6-5-7-9-15/h3-12H,1-2H2. The third-order valence-corrected chi connectivity index (χ3v) is 2.56. The van der Waals surface area contributed by atoms with Gasteiger partial charge in [-0.25, -0.2) is 0 Å². The van der Waals surface area contributed by atoms with E-state index in [4.69, 9.17) is 0 Å². The SMILES string of the molecule is C=Cc1cc(C=C)cc(-c2ccccc2)c1. The van der Waals surface area contributed by atoms with Crippen LogP contribution in [0.3, 0.4) is 0 Å². The molecule has 0 aliphatic rings. The smallest absolute Gasteiger partial charge is 0.0172 e. The fourth-order valence-electron chi connectivity index (χ4n) is 1.71. The second kappa shape index (κ2) is 4.63. The van der Waals surface area contributed by atoms with Crippen LogP contribution in [0.5, 0.6) is 0 Å². The molecule has 2 aromatic rings. The molecule has 0 heterocycles. The van der Waals surface area contributed by atoms with E-state index < -0.39 is 0 Å².